The van der Waals surface area contributed by atoms with Gasteiger partial charge in [0.05, 0.1) is 43.5 Å². The predicted molar refractivity (Wildman–Crippen MR) is 131 cm³/mol. The van der Waals surface area contributed by atoms with Crippen LogP contribution in [0.3, 0.4) is 0 Å². The monoisotopic (exact) mass is 456 g/mol. The van der Waals surface area contributed by atoms with Gasteiger partial charge in [-0.05, 0) is 70.1 Å². The van der Waals surface area contributed by atoms with Crippen molar-refractivity contribution in [2.45, 2.75) is 47.2 Å². The van der Waals surface area contributed by atoms with E-state index >= 15 is 0 Å². The Labute approximate surface area is 194 Å². The highest BCUT2D eigenvalue weighted by Gasteiger charge is 2.14. The molecule has 0 aliphatic heterocycles. The molecule has 2 heterocycles. The van der Waals surface area contributed by atoms with Crippen molar-refractivity contribution in [1.29, 1.82) is 0 Å². The van der Waals surface area contributed by atoms with E-state index in [4.69, 9.17) is 21.7 Å². The summed E-state index contributed by atoms with van der Waals surface area (Å²) in [7, 11) is 3.27. The normalized spacial score (nSPS) is 10.8. The van der Waals surface area contributed by atoms with E-state index in [9.17, 15) is 0 Å². The van der Waals surface area contributed by atoms with Gasteiger partial charge in [0.25, 0.3) is 0 Å². The van der Waals surface area contributed by atoms with E-state index in [1.54, 1.807) is 14.2 Å². The first kappa shape index (κ1) is 23.6. The lowest BCUT2D eigenvalue weighted by molar-refractivity contribution is 0.354. The summed E-state index contributed by atoms with van der Waals surface area (Å²) in [5, 5.41) is 16.4. The van der Waals surface area contributed by atoms with E-state index < -0.39 is 0 Å². The molecule has 0 amide bonds. The minimum Gasteiger partial charge on any atom is -0.493 e. The van der Waals surface area contributed by atoms with Gasteiger partial charge >= 0.3 is 0 Å². The van der Waals surface area contributed by atoms with E-state index in [1.165, 1.54) is 5.69 Å². The molecule has 0 saturated carbocycles. The quantitative estimate of drug-likeness (QED) is 0.375. The number of nitrogens with one attached hydrogen (secondary N) is 2. The number of nitrogens with zero attached hydrogens (tertiary/aromatic N) is 4. The Bertz CT molecular complexity index is 1090. The number of anilines is 1. The lowest BCUT2D eigenvalue weighted by atomic mass is 10.2. The van der Waals surface area contributed by atoms with Crippen LogP contribution in [0.5, 0.6) is 11.5 Å². The lowest BCUT2D eigenvalue weighted by Gasteiger charge is -2.12. The van der Waals surface area contributed by atoms with Gasteiger partial charge in [-0.15, -0.1) is 0 Å². The predicted octanol–water partition coefficient (Wildman–Crippen LogP) is 3.76. The lowest BCUT2D eigenvalue weighted by Crippen LogP contribution is -2.30. The number of aryl methyl sites for hydroxylation is 4. The number of benzene rings is 1. The fraction of sp³-hybridized carbons (Fsp3) is 0.435. The molecule has 2 N–H and O–H groups in total. The Morgan fingerprint density at radius 1 is 1.00 bits per heavy atom. The number of aromatic nitrogens is 4. The molecule has 0 bridgehead atoms. The van der Waals surface area contributed by atoms with Gasteiger partial charge in [-0.1, -0.05) is 6.07 Å². The third kappa shape index (κ3) is 5.59. The van der Waals surface area contributed by atoms with Crippen LogP contribution >= 0.6 is 12.2 Å². The summed E-state index contributed by atoms with van der Waals surface area (Å²) < 4.78 is 14.7. The van der Waals surface area contributed by atoms with Crippen LogP contribution in [-0.4, -0.2) is 45.4 Å². The fourth-order valence-electron chi connectivity index (χ4n) is 3.67. The van der Waals surface area contributed by atoms with Crippen LogP contribution in [0.1, 0.15) is 34.8 Å². The highest BCUT2D eigenvalue weighted by atomic mass is 32.1. The summed E-state index contributed by atoms with van der Waals surface area (Å²) in [6, 6.07) is 7.98. The molecule has 172 valence electrons. The number of rotatable bonds is 9. The maximum atomic E-state index is 5.50. The van der Waals surface area contributed by atoms with Crippen molar-refractivity contribution >= 4 is 23.0 Å². The second kappa shape index (κ2) is 10.5. The first-order valence-electron chi connectivity index (χ1n) is 10.6. The Morgan fingerprint density at radius 2 is 1.75 bits per heavy atom. The van der Waals surface area contributed by atoms with Crippen LogP contribution in [0.25, 0.3) is 0 Å². The Kier molecular flexibility index (Phi) is 7.74. The Hall–Kier alpha value is -3.07. The maximum absolute atomic E-state index is 5.50. The highest BCUT2D eigenvalue weighted by molar-refractivity contribution is 7.80. The number of thiocarbonyl (C=S) groups is 1. The van der Waals surface area contributed by atoms with Crippen molar-refractivity contribution < 1.29 is 9.47 Å². The SMILES string of the molecule is COc1ccc(Cn2nc(C)c(NC(=S)NCCCn3nc(C)cc3C)c2C)cc1OC. The average molecular weight is 457 g/mol. The molecule has 0 radical (unpaired) electrons. The third-order valence-corrected chi connectivity index (χ3v) is 5.58. The molecule has 3 aromatic rings. The molecule has 32 heavy (non-hydrogen) atoms. The zero-order valence-electron chi connectivity index (χ0n) is 19.7. The van der Waals surface area contributed by atoms with Crippen molar-refractivity contribution in [1.82, 2.24) is 24.9 Å². The molecule has 1 aromatic carbocycles. The van der Waals surface area contributed by atoms with Crippen LogP contribution in [0, 0.1) is 27.7 Å². The zero-order chi connectivity index (χ0) is 23.3. The number of hydrogen-bond acceptors (Lipinski definition) is 5. The van der Waals surface area contributed by atoms with Gasteiger partial charge in [-0.25, -0.2) is 0 Å². The molecule has 3 rings (SSSR count). The summed E-state index contributed by atoms with van der Waals surface area (Å²) >= 11 is 5.50. The Morgan fingerprint density at radius 3 is 2.41 bits per heavy atom. The van der Waals surface area contributed by atoms with Crippen molar-refractivity contribution in [3.8, 4) is 11.5 Å². The van der Waals surface area contributed by atoms with Gasteiger partial charge in [0.1, 0.15) is 0 Å². The molecular weight excluding hydrogens is 424 g/mol. The number of hydrogen-bond donors (Lipinski definition) is 2. The first-order chi connectivity index (χ1) is 15.3. The number of methoxy groups -OCH3 is 2. The van der Waals surface area contributed by atoms with Crippen molar-refractivity contribution in [2.75, 3.05) is 26.1 Å². The van der Waals surface area contributed by atoms with Crippen LogP contribution < -0.4 is 20.1 Å². The van der Waals surface area contributed by atoms with Crippen molar-refractivity contribution in [2.24, 2.45) is 0 Å². The van der Waals surface area contributed by atoms with E-state index in [1.807, 2.05) is 48.3 Å². The second-order valence-corrected chi connectivity index (χ2v) is 8.19. The van der Waals surface area contributed by atoms with Gasteiger partial charge in [-0.2, -0.15) is 10.2 Å². The molecule has 0 aliphatic carbocycles. The molecule has 8 nitrogen and oxygen atoms in total. The molecule has 9 heteroatoms. The van der Waals surface area contributed by atoms with Crippen LogP contribution in [0.2, 0.25) is 0 Å². The topological polar surface area (TPSA) is 78.2 Å². The van der Waals surface area contributed by atoms with Crippen LogP contribution in [0.15, 0.2) is 24.3 Å². The molecule has 0 fully saturated rings. The van der Waals surface area contributed by atoms with Gasteiger partial charge in [0.15, 0.2) is 16.6 Å². The largest absolute Gasteiger partial charge is 0.493 e. The molecular formula is C23H32N6O2S. The summed E-state index contributed by atoms with van der Waals surface area (Å²) in [4.78, 5) is 0. The van der Waals surface area contributed by atoms with E-state index in [0.717, 1.165) is 47.8 Å². The molecule has 2 aromatic heterocycles. The summed E-state index contributed by atoms with van der Waals surface area (Å²) in [5.74, 6) is 1.41. The van der Waals surface area contributed by atoms with Crippen molar-refractivity contribution in [3.63, 3.8) is 0 Å². The highest BCUT2D eigenvalue weighted by Crippen LogP contribution is 2.28. The van der Waals surface area contributed by atoms with Crippen LogP contribution in [-0.2, 0) is 13.1 Å². The van der Waals surface area contributed by atoms with E-state index in [-0.39, 0.29) is 0 Å². The zero-order valence-corrected chi connectivity index (χ0v) is 20.5. The van der Waals surface area contributed by atoms with Gasteiger partial charge in [0.2, 0.25) is 0 Å². The van der Waals surface area contributed by atoms with Crippen molar-refractivity contribution in [3.05, 3.63) is 52.6 Å². The van der Waals surface area contributed by atoms with E-state index in [0.29, 0.717) is 23.2 Å². The van der Waals surface area contributed by atoms with Gasteiger partial charge in [-0.3, -0.25) is 9.36 Å². The standard InChI is InChI=1S/C23H32N6O2S/c1-15-12-16(2)28(26-15)11-7-10-24-23(32)25-22-17(3)27-29(18(22)4)14-19-8-9-20(30-5)21(13-19)31-6/h8-9,12-13H,7,10-11,14H2,1-6H3,(H2,24,25,32). The van der Waals surface area contributed by atoms with Gasteiger partial charge < -0.3 is 20.1 Å². The smallest absolute Gasteiger partial charge is 0.170 e. The average Bonchev–Trinajstić information content (AvgIpc) is 3.22. The minimum absolute atomic E-state index is 0.593. The molecule has 0 spiro atoms. The summed E-state index contributed by atoms with van der Waals surface area (Å²) in [5.41, 5.74) is 6.14. The Balaban J connectivity index is 1.57. The summed E-state index contributed by atoms with van der Waals surface area (Å²) in [6.07, 6.45) is 0.931. The van der Waals surface area contributed by atoms with E-state index in [2.05, 4.69) is 33.8 Å². The fourth-order valence-corrected chi connectivity index (χ4v) is 3.88. The summed E-state index contributed by atoms with van der Waals surface area (Å²) in [6.45, 7) is 10.3. The first-order valence-corrected chi connectivity index (χ1v) is 11.0. The molecule has 0 atom stereocenters. The van der Waals surface area contributed by atoms with Crippen LogP contribution in [0.4, 0.5) is 5.69 Å². The second-order valence-electron chi connectivity index (χ2n) is 7.78. The minimum atomic E-state index is 0.593. The third-order valence-electron chi connectivity index (χ3n) is 5.34. The number of ether oxygens (including phenoxy) is 2. The molecule has 0 aliphatic rings. The molecule has 0 unspecified atom stereocenters. The molecule has 0 saturated heterocycles. The maximum Gasteiger partial charge on any atom is 0.170 e. The van der Waals surface area contributed by atoms with Gasteiger partial charge in [0, 0.05) is 18.8 Å².